The normalized spacial score (nSPS) is 14.4. The summed E-state index contributed by atoms with van der Waals surface area (Å²) in [6.45, 7) is 5.89. The zero-order valence-corrected chi connectivity index (χ0v) is 13.3. The molecule has 5 heteroatoms. The summed E-state index contributed by atoms with van der Waals surface area (Å²) >= 11 is 0. The summed E-state index contributed by atoms with van der Waals surface area (Å²) < 4.78 is 5.33. The quantitative estimate of drug-likeness (QED) is 0.844. The first-order chi connectivity index (χ1) is 8.86. The number of rotatable bonds is 3. The molecule has 1 N–H and O–H groups in total. The Morgan fingerprint density at radius 2 is 2.26 bits per heavy atom. The zero-order valence-electron chi connectivity index (χ0n) is 10.9. The van der Waals surface area contributed by atoms with Crippen molar-refractivity contribution in [3.8, 4) is 0 Å². The third-order valence-corrected chi connectivity index (χ3v) is 3.28. The van der Waals surface area contributed by atoms with E-state index in [0.717, 1.165) is 43.1 Å². The molecule has 2 heterocycles. The van der Waals surface area contributed by atoms with E-state index < -0.39 is 0 Å². The molecule has 1 aliphatic heterocycles. The van der Waals surface area contributed by atoms with Crippen LogP contribution in [0.25, 0.3) is 11.0 Å². The van der Waals surface area contributed by atoms with Gasteiger partial charge in [0.25, 0.3) is 0 Å². The molecule has 4 nitrogen and oxygen atoms in total. The molecule has 1 aliphatic rings. The van der Waals surface area contributed by atoms with Crippen molar-refractivity contribution in [2.75, 3.05) is 19.6 Å². The Bertz CT molecular complexity index is 579. The van der Waals surface area contributed by atoms with E-state index in [1.54, 1.807) is 6.26 Å². The first-order valence-electron chi connectivity index (χ1n) is 6.36. The van der Waals surface area contributed by atoms with Gasteiger partial charge in [-0.3, -0.25) is 4.99 Å². The minimum Gasteiger partial charge on any atom is -0.464 e. The van der Waals surface area contributed by atoms with Gasteiger partial charge in [0.1, 0.15) is 5.58 Å². The molecule has 1 aromatic heterocycles. The molecule has 0 unspecified atom stereocenters. The van der Waals surface area contributed by atoms with E-state index in [-0.39, 0.29) is 24.0 Å². The van der Waals surface area contributed by atoms with Crippen molar-refractivity contribution in [3.05, 3.63) is 36.1 Å². The molecule has 1 aromatic carbocycles. The van der Waals surface area contributed by atoms with Gasteiger partial charge in [-0.2, -0.15) is 0 Å². The monoisotopic (exact) mass is 371 g/mol. The summed E-state index contributed by atoms with van der Waals surface area (Å²) in [5.74, 6) is 1.02. The lowest BCUT2D eigenvalue weighted by molar-refractivity contribution is 0.466. The van der Waals surface area contributed by atoms with Gasteiger partial charge < -0.3 is 14.6 Å². The molecule has 0 saturated heterocycles. The van der Waals surface area contributed by atoms with Crippen LogP contribution in [0.1, 0.15) is 12.5 Å². The number of nitrogens with one attached hydrogen (secondary N) is 1. The van der Waals surface area contributed by atoms with Crippen LogP contribution in [-0.2, 0) is 6.54 Å². The molecule has 3 rings (SSSR count). The molecule has 2 aromatic rings. The maximum atomic E-state index is 5.33. The van der Waals surface area contributed by atoms with Crippen LogP contribution in [-0.4, -0.2) is 30.5 Å². The predicted molar refractivity (Wildman–Crippen MR) is 88.0 cm³/mol. The lowest BCUT2D eigenvalue weighted by Crippen LogP contribution is -2.37. The summed E-state index contributed by atoms with van der Waals surface area (Å²) in [5.41, 5.74) is 2.18. The van der Waals surface area contributed by atoms with E-state index in [1.807, 2.05) is 12.1 Å². The zero-order chi connectivity index (χ0) is 12.4. The number of aliphatic imine (C=N–C) groups is 1. The van der Waals surface area contributed by atoms with Gasteiger partial charge in [0.05, 0.1) is 12.8 Å². The first-order valence-corrected chi connectivity index (χ1v) is 6.36. The van der Waals surface area contributed by atoms with Gasteiger partial charge in [0.15, 0.2) is 5.96 Å². The second kappa shape index (κ2) is 6.27. The number of likely N-dealkylation sites (N-methyl/N-ethyl adjacent to an activating group) is 1. The van der Waals surface area contributed by atoms with E-state index in [1.165, 1.54) is 5.56 Å². The number of halogens is 1. The van der Waals surface area contributed by atoms with Gasteiger partial charge in [-0.05, 0) is 30.7 Å². The lowest BCUT2D eigenvalue weighted by atomic mass is 10.1. The van der Waals surface area contributed by atoms with Gasteiger partial charge >= 0.3 is 0 Å². The number of benzene rings is 1. The molecule has 19 heavy (non-hydrogen) atoms. The highest BCUT2D eigenvalue weighted by Gasteiger charge is 2.13. The molecular formula is C14H18IN3O. The van der Waals surface area contributed by atoms with Crippen molar-refractivity contribution >= 4 is 40.9 Å². The standard InChI is InChI=1S/C14H17N3O.HI/c1-2-17-7-6-15-14(17)16-10-11-3-4-13-12(9-11)5-8-18-13;/h3-5,8-9H,2,6-7,10H2,1H3,(H,15,16);1H. The minimum atomic E-state index is 0. The number of hydrogen-bond donors (Lipinski definition) is 1. The van der Waals surface area contributed by atoms with Crippen LogP contribution in [0.4, 0.5) is 0 Å². The van der Waals surface area contributed by atoms with Crippen LogP contribution < -0.4 is 5.32 Å². The number of fused-ring (bicyclic) bond motifs is 1. The smallest absolute Gasteiger partial charge is 0.194 e. The van der Waals surface area contributed by atoms with Gasteiger partial charge in [-0.25, -0.2) is 0 Å². The van der Waals surface area contributed by atoms with Crippen LogP contribution in [0.5, 0.6) is 0 Å². The first kappa shape index (κ1) is 14.2. The molecule has 102 valence electrons. The van der Waals surface area contributed by atoms with Crippen molar-refractivity contribution in [3.63, 3.8) is 0 Å². The molecule has 0 radical (unpaired) electrons. The molecule has 0 aliphatic carbocycles. The summed E-state index contributed by atoms with van der Waals surface area (Å²) in [6, 6.07) is 8.24. The number of nitrogens with zero attached hydrogens (tertiary/aromatic N) is 2. The maximum absolute atomic E-state index is 5.33. The average molecular weight is 371 g/mol. The highest BCUT2D eigenvalue weighted by atomic mass is 127. The van der Waals surface area contributed by atoms with E-state index in [0.29, 0.717) is 0 Å². The van der Waals surface area contributed by atoms with Gasteiger partial charge in [-0.15, -0.1) is 24.0 Å². The van der Waals surface area contributed by atoms with Crippen LogP contribution >= 0.6 is 24.0 Å². The predicted octanol–water partition coefficient (Wildman–Crippen LogP) is 2.83. The second-order valence-corrected chi connectivity index (χ2v) is 4.43. The van der Waals surface area contributed by atoms with Crippen LogP contribution in [0.15, 0.2) is 39.9 Å². The maximum Gasteiger partial charge on any atom is 0.194 e. The van der Waals surface area contributed by atoms with Crippen LogP contribution in [0.2, 0.25) is 0 Å². The average Bonchev–Trinajstić information content (AvgIpc) is 3.04. The highest BCUT2D eigenvalue weighted by molar-refractivity contribution is 14.0. The van der Waals surface area contributed by atoms with Gasteiger partial charge in [0.2, 0.25) is 0 Å². The summed E-state index contributed by atoms with van der Waals surface area (Å²) in [5, 5.41) is 4.55. The van der Waals surface area contributed by atoms with E-state index >= 15 is 0 Å². The second-order valence-electron chi connectivity index (χ2n) is 4.43. The summed E-state index contributed by atoms with van der Waals surface area (Å²) in [6.07, 6.45) is 1.72. The fraction of sp³-hybridized carbons (Fsp3) is 0.357. The topological polar surface area (TPSA) is 40.8 Å². The third kappa shape index (κ3) is 3.02. The molecule has 0 spiro atoms. The van der Waals surface area contributed by atoms with Crippen molar-refractivity contribution in [2.45, 2.75) is 13.5 Å². The Balaban J connectivity index is 0.00000133. The number of furan rings is 1. The van der Waals surface area contributed by atoms with E-state index in [2.05, 4.69) is 34.3 Å². The Morgan fingerprint density at radius 3 is 3.11 bits per heavy atom. The Kier molecular flexibility index (Phi) is 4.68. The van der Waals surface area contributed by atoms with Crippen molar-refractivity contribution < 1.29 is 4.42 Å². The Hall–Kier alpha value is -1.24. The van der Waals surface area contributed by atoms with Gasteiger partial charge in [-0.1, -0.05) is 6.07 Å². The van der Waals surface area contributed by atoms with E-state index in [4.69, 9.17) is 4.42 Å². The lowest BCUT2D eigenvalue weighted by Gasteiger charge is -2.18. The highest BCUT2D eigenvalue weighted by Crippen LogP contribution is 2.16. The minimum absolute atomic E-state index is 0. The van der Waals surface area contributed by atoms with Crippen molar-refractivity contribution in [2.24, 2.45) is 4.99 Å². The third-order valence-electron chi connectivity index (χ3n) is 3.28. The summed E-state index contributed by atoms with van der Waals surface area (Å²) in [4.78, 5) is 6.73. The van der Waals surface area contributed by atoms with Crippen molar-refractivity contribution in [1.82, 2.24) is 10.2 Å². The molecule has 0 bridgehead atoms. The van der Waals surface area contributed by atoms with Crippen LogP contribution in [0.3, 0.4) is 0 Å². The summed E-state index contributed by atoms with van der Waals surface area (Å²) in [7, 11) is 0. The Morgan fingerprint density at radius 1 is 1.37 bits per heavy atom. The molecule has 0 amide bonds. The molecule has 0 fully saturated rings. The van der Waals surface area contributed by atoms with E-state index in [9.17, 15) is 0 Å². The van der Waals surface area contributed by atoms with Crippen molar-refractivity contribution in [1.29, 1.82) is 0 Å². The number of hydrogen-bond acceptors (Lipinski definition) is 4. The SMILES string of the molecule is CCN1CCN=C1NCc1ccc2occc2c1.I. The van der Waals surface area contributed by atoms with Gasteiger partial charge in [0, 0.05) is 25.0 Å². The molecule has 0 atom stereocenters. The fourth-order valence-corrected chi connectivity index (χ4v) is 2.27. The van der Waals surface area contributed by atoms with Crippen LogP contribution in [0, 0.1) is 0 Å². The number of guanidine groups is 1. The fourth-order valence-electron chi connectivity index (χ4n) is 2.27. The molecular weight excluding hydrogens is 353 g/mol. The Labute approximate surface area is 129 Å². The largest absolute Gasteiger partial charge is 0.464 e. The molecule has 0 saturated carbocycles.